The van der Waals surface area contributed by atoms with E-state index in [0.717, 1.165) is 33.2 Å². The molecule has 4 nitrogen and oxygen atoms in total. The molecule has 2 aromatic carbocycles. The molecule has 1 aromatic heterocycles. The first-order chi connectivity index (χ1) is 11.5. The molecule has 0 fully saturated rings. The number of esters is 1. The number of benzene rings is 2. The Morgan fingerprint density at radius 1 is 1.17 bits per heavy atom. The predicted molar refractivity (Wildman–Crippen MR) is 94.0 cm³/mol. The molecule has 24 heavy (non-hydrogen) atoms. The number of aromatic amines is 1. The van der Waals surface area contributed by atoms with E-state index in [-0.39, 0.29) is 6.61 Å². The summed E-state index contributed by atoms with van der Waals surface area (Å²) in [5.41, 5.74) is 3.67. The Morgan fingerprint density at radius 2 is 1.88 bits per heavy atom. The van der Waals surface area contributed by atoms with Crippen LogP contribution < -0.4 is 0 Å². The second-order valence-electron chi connectivity index (χ2n) is 6.05. The third-order valence-electron chi connectivity index (χ3n) is 4.36. The van der Waals surface area contributed by atoms with E-state index >= 15 is 0 Å². The molecule has 3 aromatic rings. The highest BCUT2D eigenvalue weighted by molar-refractivity contribution is 5.90. The predicted octanol–water partition coefficient (Wildman–Crippen LogP) is 4.20. The summed E-state index contributed by atoms with van der Waals surface area (Å²) >= 11 is 0. The SMILES string of the molecule is Cc1[nH]c(C(=O)OCc2cccc3ccccc23)c(C)c1[C@@H](C)O. The van der Waals surface area contributed by atoms with Gasteiger partial charge in [-0.2, -0.15) is 0 Å². The van der Waals surface area contributed by atoms with E-state index in [0.29, 0.717) is 5.69 Å². The number of aliphatic hydroxyl groups is 1. The van der Waals surface area contributed by atoms with Crippen LogP contribution in [0.1, 0.15) is 45.9 Å². The van der Waals surface area contributed by atoms with Gasteiger partial charge in [-0.3, -0.25) is 0 Å². The van der Waals surface area contributed by atoms with Crippen LogP contribution in [0, 0.1) is 13.8 Å². The van der Waals surface area contributed by atoms with Crippen molar-refractivity contribution in [3.8, 4) is 0 Å². The number of carbonyl (C=O) groups excluding carboxylic acids is 1. The van der Waals surface area contributed by atoms with Crippen LogP contribution in [-0.4, -0.2) is 16.1 Å². The molecule has 0 saturated carbocycles. The smallest absolute Gasteiger partial charge is 0.355 e. The largest absolute Gasteiger partial charge is 0.456 e. The van der Waals surface area contributed by atoms with Gasteiger partial charge in [0, 0.05) is 11.3 Å². The van der Waals surface area contributed by atoms with Crippen LogP contribution in [0.2, 0.25) is 0 Å². The Morgan fingerprint density at radius 3 is 2.58 bits per heavy atom. The molecule has 2 N–H and O–H groups in total. The zero-order valence-electron chi connectivity index (χ0n) is 14.1. The van der Waals surface area contributed by atoms with Crippen molar-refractivity contribution in [3.05, 3.63) is 70.5 Å². The maximum absolute atomic E-state index is 12.4. The van der Waals surface area contributed by atoms with E-state index in [9.17, 15) is 9.90 Å². The van der Waals surface area contributed by atoms with E-state index in [1.807, 2.05) is 56.3 Å². The lowest BCUT2D eigenvalue weighted by atomic mass is 10.1. The fraction of sp³-hybridized carbons (Fsp3) is 0.250. The number of aliphatic hydroxyl groups excluding tert-OH is 1. The van der Waals surface area contributed by atoms with Crippen molar-refractivity contribution in [2.45, 2.75) is 33.5 Å². The average molecular weight is 323 g/mol. The molecule has 0 radical (unpaired) electrons. The summed E-state index contributed by atoms with van der Waals surface area (Å²) < 4.78 is 5.50. The summed E-state index contributed by atoms with van der Waals surface area (Å²) in [5, 5.41) is 12.0. The molecular weight excluding hydrogens is 302 g/mol. The van der Waals surface area contributed by atoms with Crippen molar-refractivity contribution in [3.63, 3.8) is 0 Å². The van der Waals surface area contributed by atoms with Gasteiger partial charge in [0.15, 0.2) is 0 Å². The van der Waals surface area contributed by atoms with E-state index in [2.05, 4.69) is 4.98 Å². The topological polar surface area (TPSA) is 62.3 Å². The minimum Gasteiger partial charge on any atom is -0.456 e. The maximum Gasteiger partial charge on any atom is 0.355 e. The number of rotatable bonds is 4. The van der Waals surface area contributed by atoms with E-state index in [1.54, 1.807) is 6.92 Å². The molecule has 124 valence electrons. The highest BCUT2D eigenvalue weighted by Gasteiger charge is 2.21. The number of ether oxygens (including phenoxy) is 1. The minimum absolute atomic E-state index is 0.210. The summed E-state index contributed by atoms with van der Waals surface area (Å²) in [4.78, 5) is 15.5. The quantitative estimate of drug-likeness (QED) is 0.708. The Hall–Kier alpha value is -2.59. The Balaban J connectivity index is 1.82. The first-order valence-electron chi connectivity index (χ1n) is 8.00. The molecular formula is C20H21NO3. The number of carbonyl (C=O) groups is 1. The van der Waals surface area contributed by atoms with Gasteiger partial charge >= 0.3 is 5.97 Å². The molecule has 0 bridgehead atoms. The number of hydrogen-bond acceptors (Lipinski definition) is 3. The van der Waals surface area contributed by atoms with E-state index in [1.165, 1.54) is 0 Å². The molecule has 0 amide bonds. The normalized spacial score (nSPS) is 12.3. The Bertz CT molecular complexity index is 888. The second kappa shape index (κ2) is 6.49. The van der Waals surface area contributed by atoms with Crippen molar-refractivity contribution in [2.24, 2.45) is 0 Å². The van der Waals surface area contributed by atoms with Gasteiger partial charge in [0.05, 0.1) is 6.10 Å². The Labute approximate surface area is 141 Å². The van der Waals surface area contributed by atoms with Crippen LogP contribution >= 0.6 is 0 Å². The number of hydrogen-bond donors (Lipinski definition) is 2. The van der Waals surface area contributed by atoms with Gasteiger partial charge in [-0.15, -0.1) is 0 Å². The molecule has 0 saturated heterocycles. The van der Waals surface area contributed by atoms with Crippen LogP contribution in [0.5, 0.6) is 0 Å². The zero-order chi connectivity index (χ0) is 17.3. The summed E-state index contributed by atoms with van der Waals surface area (Å²) in [7, 11) is 0. The number of nitrogens with one attached hydrogen (secondary N) is 1. The zero-order valence-corrected chi connectivity index (χ0v) is 14.1. The lowest BCUT2D eigenvalue weighted by Gasteiger charge is -2.08. The minimum atomic E-state index is -0.624. The van der Waals surface area contributed by atoms with Crippen LogP contribution in [-0.2, 0) is 11.3 Å². The molecule has 0 spiro atoms. The third-order valence-corrected chi connectivity index (χ3v) is 4.36. The molecule has 0 aliphatic heterocycles. The third kappa shape index (κ3) is 2.93. The van der Waals surface area contributed by atoms with Crippen molar-refractivity contribution in [2.75, 3.05) is 0 Å². The monoisotopic (exact) mass is 323 g/mol. The Kier molecular flexibility index (Phi) is 4.40. The van der Waals surface area contributed by atoms with Crippen LogP contribution in [0.4, 0.5) is 0 Å². The molecule has 0 aliphatic rings. The first kappa shape index (κ1) is 16.3. The van der Waals surface area contributed by atoms with Gasteiger partial charge in [0.25, 0.3) is 0 Å². The fourth-order valence-electron chi connectivity index (χ4n) is 3.23. The van der Waals surface area contributed by atoms with Gasteiger partial charge in [-0.05, 0) is 42.7 Å². The van der Waals surface area contributed by atoms with E-state index < -0.39 is 12.1 Å². The van der Waals surface area contributed by atoms with Crippen molar-refractivity contribution < 1.29 is 14.6 Å². The molecule has 1 heterocycles. The standard InChI is InChI=1S/C20H21NO3/c1-12-18(14(3)22)13(2)21-19(12)20(23)24-11-16-9-6-8-15-7-4-5-10-17(15)16/h4-10,14,21-22H,11H2,1-3H3/t14-/m1/s1. The van der Waals surface area contributed by atoms with Crippen molar-refractivity contribution >= 4 is 16.7 Å². The maximum atomic E-state index is 12.4. The van der Waals surface area contributed by atoms with Gasteiger partial charge in [-0.25, -0.2) is 4.79 Å². The van der Waals surface area contributed by atoms with Gasteiger partial charge in [-0.1, -0.05) is 42.5 Å². The number of aromatic nitrogens is 1. The lowest BCUT2D eigenvalue weighted by Crippen LogP contribution is -2.08. The van der Waals surface area contributed by atoms with Gasteiger partial charge in [0.2, 0.25) is 0 Å². The number of fused-ring (bicyclic) bond motifs is 1. The molecule has 4 heteroatoms. The molecule has 1 atom stereocenters. The van der Waals surface area contributed by atoms with E-state index in [4.69, 9.17) is 4.74 Å². The van der Waals surface area contributed by atoms with Crippen LogP contribution in [0.3, 0.4) is 0 Å². The van der Waals surface area contributed by atoms with Crippen molar-refractivity contribution in [1.29, 1.82) is 0 Å². The van der Waals surface area contributed by atoms with Crippen LogP contribution in [0.15, 0.2) is 42.5 Å². The lowest BCUT2D eigenvalue weighted by molar-refractivity contribution is 0.0467. The highest BCUT2D eigenvalue weighted by Crippen LogP contribution is 2.25. The molecule has 0 unspecified atom stereocenters. The number of H-pyrrole nitrogens is 1. The fourth-order valence-corrected chi connectivity index (χ4v) is 3.23. The summed E-state index contributed by atoms with van der Waals surface area (Å²) in [5.74, 6) is -0.407. The highest BCUT2D eigenvalue weighted by atomic mass is 16.5. The number of aryl methyl sites for hydroxylation is 1. The molecule has 0 aliphatic carbocycles. The molecule has 3 rings (SSSR count). The van der Waals surface area contributed by atoms with Crippen molar-refractivity contribution in [1.82, 2.24) is 4.98 Å². The average Bonchev–Trinajstić information content (AvgIpc) is 2.87. The summed E-state index contributed by atoms with van der Waals surface area (Å²) in [6.45, 7) is 5.56. The first-order valence-corrected chi connectivity index (χ1v) is 8.00. The summed E-state index contributed by atoms with van der Waals surface area (Å²) in [6, 6.07) is 14.0. The second-order valence-corrected chi connectivity index (χ2v) is 6.05. The van der Waals surface area contributed by atoms with Gasteiger partial charge in [0.1, 0.15) is 12.3 Å². The van der Waals surface area contributed by atoms with Crippen LogP contribution in [0.25, 0.3) is 10.8 Å². The summed E-state index contributed by atoms with van der Waals surface area (Å²) in [6.07, 6.45) is -0.624. The van der Waals surface area contributed by atoms with Gasteiger partial charge < -0.3 is 14.8 Å².